The van der Waals surface area contributed by atoms with E-state index in [1.54, 1.807) is 16.0 Å². The second-order valence-electron chi connectivity index (χ2n) is 4.25. The minimum atomic E-state index is 0.642. The molecule has 1 aromatic carbocycles. The maximum absolute atomic E-state index is 6.15. The third kappa shape index (κ3) is 2.13. The van der Waals surface area contributed by atoms with Gasteiger partial charge in [-0.15, -0.1) is 0 Å². The summed E-state index contributed by atoms with van der Waals surface area (Å²) in [6, 6.07) is 9.71. The van der Waals surface area contributed by atoms with Crippen molar-refractivity contribution >= 4 is 28.8 Å². The summed E-state index contributed by atoms with van der Waals surface area (Å²) >= 11 is 7.71. The Hall–Kier alpha value is -1.78. The van der Waals surface area contributed by atoms with Gasteiger partial charge in [-0.2, -0.15) is 16.4 Å². The third-order valence-electron chi connectivity index (χ3n) is 3.00. The molecule has 0 unspecified atom stereocenters. The molecule has 0 saturated carbocycles. The zero-order valence-corrected chi connectivity index (χ0v) is 11.9. The van der Waals surface area contributed by atoms with Gasteiger partial charge in [0.2, 0.25) is 0 Å². The lowest BCUT2D eigenvalue weighted by atomic mass is 10.0. The minimum Gasteiger partial charge on any atom is -0.383 e. The molecule has 0 atom stereocenters. The van der Waals surface area contributed by atoms with E-state index in [9.17, 15) is 0 Å². The summed E-state index contributed by atoms with van der Waals surface area (Å²) in [6.45, 7) is 0. The second kappa shape index (κ2) is 4.72. The number of anilines is 1. The van der Waals surface area contributed by atoms with Crippen LogP contribution in [-0.4, -0.2) is 9.78 Å². The quantitative estimate of drug-likeness (QED) is 0.773. The van der Waals surface area contributed by atoms with E-state index in [4.69, 9.17) is 17.3 Å². The van der Waals surface area contributed by atoms with Crippen molar-refractivity contribution in [3.05, 3.63) is 46.1 Å². The van der Waals surface area contributed by atoms with Gasteiger partial charge < -0.3 is 5.73 Å². The first-order valence-electron chi connectivity index (χ1n) is 5.78. The van der Waals surface area contributed by atoms with Crippen LogP contribution < -0.4 is 5.73 Å². The first-order chi connectivity index (χ1) is 9.16. The lowest BCUT2D eigenvalue weighted by Crippen LogP contribution is -1.97. The van der Waals surface area contributed by atoms with Crippen LogP contribution in [0.15, 0.2) is 41.1 Å². The number of hydrogen-bond donors (Lipinski definition) is 1. The molecule has 0 fully saturated rings. The monoisotopic (exact) mass is 289 g/mol. The van der Waals surface area contributed by atoms with Crippen LogP contribution in [0.2, 0.25) is 5.02 Å². The van der Waals surface area contributed by atoms with Gasteiger partial charge in [-0.1, -0.05) is 23.7 Å². The van der Waals surface area contributed by atoms with Crippen molar-refractivity contribution in [3.63, 3.8) is 0 Å². The average Bonchev–Trinajstić information content (AvgIpc) is 2.99. The van der Waals surface area contributed by atoms with Gasteiger partial charge in [0.1, 0.15) is 11.5 Å². The Balaban J connectivity index is 2.26. The largest absolute Gasteiger partial charge is 0.383 e. The molecule has 19 heavy (non-hydrogen) atoms. The van der Waals surface area contributed by atoms with Gasteiger partial charge in [0.05, 0.1) is 5.56 Å². The van der Waals surface area contributed by atoms with Crippen LogP contribution in [0.3, 0.4) is 0 Å². The Bertz CT molecular complexity index is 716. The van der Waals surface area contributed by atoms with Crippen molar-refractivity contribution in [1.82, 2.24) is 9.78 Å². The molecule has 3 rings (SSSR count). The lowest BCUT2D eigenvalue weighted by Gasteiger charge is -2.03. The number of rotatable bonds is 2. The SMILES string of the molecule is Cn1nc(-c2ccsc2)c(-c2cccc(Cl)c2)c1N. The van der Waals surface area contributed by atoms with E-state index in [1.165, 1.54) is 0 Å². The predicted octanol–water partition coefficient (Wildman–Crippen LogP) is 4.05. The summed E-state index contributed by atoms with van der Waals surface area (Å²) < 4.78 is 1.70. The van der Waals surface area contributed by atoms with Crippen LogP contribution in [0, 0.1) is 0 Å². The number of nitrogens with zero attached hydrogens (tertiary/aromatic N) is 2. The van der Waals surface area contributed by atoms with E-state index in [-0.39, 0.29) is 0 Å². The number of hydrogen-bond acceptors (Lipinski definition) is 3. The summed E-state index contributed by atoms with van der Waals surface area (Å²) in [5.74, 6) is 0.642. The molecule has 2 N–H and O–H groups in total. The Morgan fingerprint density at radius 1 is 1.26 bits per heavy atom. The van der Waals surface area contributed by atoms with Gasteiger partial charge in [-0.25, -0.2) is 0 Å². The van der Waals surface area contributed by atoms with Gasteiger partial charge in [0.15, 0.2) is 0 Å². The molecule has 0 radical (unpaired) electrons. The van der Waals surface area contributed by atoms with Crippen LogP contribution in [0.1, 0.15) is 0 Å². The summed E-state index contributed by atoms with van der Waals surface area (Å²) in [6.07, 6.45) is 0. The number of benzene rings is 1. The highest BCUT2D eigenvalue weighted by atomic mass is 35.5. The Morgan fingerprint density at radius 3 is 2.79 bits per heavy atom. The highest BCUT2D eigenvalue weighted by molar-refractivity contribution is 7.08. The first-order valence-corrected chi connectivity index (χ1v) is 7.10. The van der Waals surface area contributed by atoms with Gasteiger partial charge in [-0.05, 0) is 29.1 Å². The molecule has 0 spiro atoms. The van der Waals surface area contributed by atoms with E-state index in [0.29, 0.717) is 10.8 Å². The van der Waals surface area contributed by atoms with Crippen LogP contribution in [-0.2, 0) is 7.05 Å². The van der Waals surface area contributed by atoms with Gasteiger partial charge in [0, 0.05) is 23.0 Å². The predicted molar refractivity (Wildman–Crippen MR) is 81.4 cm³/mol. The molecule has 0 aliphatic carbocycles. The van der Waals surface area contributed by atoms with Crippen LogP contribution in [0.4, 0.5) is 5.82 Å². The van der Waals surface area contributed by atoms with E-state index in [1.807, 2.05) is 42.8 Å². The fraction of sp³-hybridized carbons (Fsp3) is 0.0714. The molecule has 2 heterocycles. The number of nitrogen functional groups attached to an aromatic ring is 1. The molecule has 2 aromatic heterocycles. The molecular formula is C14H12ClN3S. The van der Waals surface area contributed by atoms with Gasteiger partial charge >= 0.3 is 0 Å². The number of nitrogens with two attached hydrogens (primary N) is 1. The van der Waals surface area contributed by atoms with Crippen molar-refractivity contribution in [2.75, 3.05) is 5.73 Å². The van der Waals surface area contributed by atoms with Crippen molar-refractivity contribution < 1.29 is 0 Å². The molecular weight excluding hydrogens is 278 g/mol. The van der Waals surface area contributed by atoms with Crippen molar-refractivity contribution in [1.29, 1.82) is 0 Å². The Labute approximate surface area is 120 Å². The Kier molecular flexibility index (Phi) is 3.05. The van der Waals surface area contributed by atoms with Gasteiger partial charge in [0.25, 0.3) is 0 Å². The van der Waals surface area contributed by atoms with E-state index in [2.05, 4.69) is 10.5 Å². The topological polar surface area (TPSA) is 43.8 Å². The van der Waals surface area contributed by atoms with Crippen molar-refractivity contribution in [2.45, 2.75) is 0 Å². The molecule has 5 heteroatoms. The molecule has 0 saturated heterocycles. The Morgan fingerprint density at radius 2 is 2.11 bits per heavy atom. The van der Waals surface area contributed by atoms with E-state index in [0.717, 1.165) is 22.4 Å². The van der Waals surface area contributed by atoms with Crippen LogP contribution in [0.25, 0.3) is 22.4 Å². The zero-order chi connectivity index (χ0) is 13.4. The summed E-state index contributed by atoms with van der Waals surface area (Å²) in [5, 5.41) is 9.30. The highest BCUT2D eigenvalue weighted by Gasteiger charge is 2.17. The smallest absolute Gasteiger partial charge is 0.129 e. The normalized spacial score (nSPS) is 10.8. The molecule has 3 aromatic rings. The third-order valence-corrected chi connectivity index (χ3v) is 3.92. The minimum absolute atomic E-state index is 0.642. The summed E-state index contributed by atoms with van der Waals surface area (Å²) in [5.41, 5.74) is 10.0. The maximum atomic E-state index is 6.15. The maximum Gasteiger partial charge on any atom is 0.129 e. The number of halogens is 1. The van der Waals surface area contributed by atoms with E-state index >= 15 is 0 Å². The lowest BCUT2D eigenvalue weighted by molar-refractivity contribution is 0.782. The number of thiophene rings is 1. The molecule has 0 amide bonds. The second-order valence-corrected chi connectivity index (χ2v) is 5.47. The average molecular weight is 290 g/mol. The van der Waals surface area contributed by atoms with Crippen LogP contribution >= 0.6 is 22.9 Å². The van der Waals surface area contributed by atoms with E-state index < -0.39 is 0 Å². The van der Waals surface area contributed by atoms with Crippen LogP contribution in [0.5, 0.6) is 0 Å². The first kappa shape index (κ1) is 12.3. The number of aromatic nitrogens is 2. The fourth-order valence-electron chi connectivity index (χ4n) is 2.07. The number of aryl methyl sites for hydroxylation is 1. The van der Waals surface area contributed by atoms with Crippen molar-refractivity contribution in [2.24, 2.45) is 7.05 Å². The van der Waals surface area contributed by atoms with Crippen molar-refractivity contribution in [3.8, 4) is 22.4 Å². The molecule has 0 aliphatic heterocycles. The molecule has 3 nitrogen and oxygen atoms in total. The zero-order valence-electron chi connectivity index (χ0n) is 10.3. The molecule has 96 valence electrons. The summed E-state index contributed by atoms with van der Waals surface area (Å²) in [7, 11) is 1.85. The molecule has 0 aliphatic rings. The molecule has 0 bridgehead atoms. The standard InChI is InChI=1S/C14H12ClN3S/c1-18-14(16)12(9-3-2-4-11(15)7-9)13(17-18)10-5-6-19-8-10/h2-8H,16H2,1H3. The van der Waals surface area contributed by atoms with Gasteiger partial charge in [-0.3, -0.25) is 4.68 Å². The fourth-order valence-corrected chi connectivity index (χ4v) is 2.90. The highest BCUT2D eigenvalue weighted by Crippen LogP contribution is 2.37. The summed E-state index contributed by atoms with van der Waals surface area (Å²) in [4.78, 5) is 0.